The van der Waals surface area contributed by atoms with E-state index < -0.39 is 0 Å². The highest BCUT2D eigenvalue weighted by Crippen LogP contribution is 2.13. The van der Waals surface area contributed by atoms with Crippen LogP contribution in [0.1, 0.15) is 5.56 Å². The van der Waals surface area contributed by atoms with E-state index in [1.54, 1.807) is 18.5 Å². The number of amides is 1. The molecule has 1 N–H and O–H groups in total. The molecule has 5 nitrogen and oxygen atoms in total. The zero-order valence-corrected chi connectivity index (χ0v) is 12.6. The predicted octanol–water partition coefficient (Wildman–Crippen LogP) is 2.22. The Bertz CT molecular complexity index is 585. The highest BCUT2D eigenvalue weighted by atomic mass is 127. The predicted molar refractivity (Wildman–Crippen MR) is 84.6 cm³/mol. The van der Waals surface area contributed by atoms with Crippen molar-refractivity contribution in [3.05, 3.63) is 57.9 Å². The van der Waals surface area contributed by atoms with Crippen molar-refractivity contribution in [2.24, 2.45) is 5.10 Å². The number of ether oxygens (including phenoxy) is 1. The summed E-state index contributed by atoms with van der Waals surface area (Å²) >= 11 is 2.20. The summed E-state index contributed by atoms with van der Waals surface area (Å²) in [4.78, 5) is 15.4. The van der Waals surface area contributed by atoms with E-state index >= 15 is 0 Å². The van der Waals surface area contributed by atoms with E-state index in [4.69, 9.17) is 4.74 Å². The molecule has 0 aliphatic carbocycles. The van der Waals surface area contributed by atoms with Gasteiger partial charge in [-0.25, -0.2) is 5.43 Å². The second-order valence-electron chi connectivity index (χ2n) is 3.82. The fraction of sp³-hybridized carbons (Fsp3) is 0.0714. The maximum Gasteiger partial charge on any atom is 0.277 e. The Morgan fingerprint density at radius 3 is 2.85 bits per heavy atom. The normalized spacial score (nSPS) is 10.4. The number of hydrazone groups is 1. The molecule has 20 heavy (non-hydrogen) atoms. The van der Waals surface area contributed by atoms with Gasteiger partial charge in [0.05, 0.1) is 6.21 Å². The monoisotopic (exact) mass is 381 g/mol. The summed E-state index contributed by atoms with van der Waals surface area (Å²) in [6.07, 6.45) is 4.85. The van der Waals surface area contributed by atoms with Crippen molar-refractivity contribution in [1.82, 2.24) is 10.4 Å². The first-order valence-corrected chi connectivity index (χ1v) is 6.92. The molecule has 6 heteroatoms. The van der Waals surface area contributed by atoms with E-state index in [0.717, 1.165) is 9.13 Å². The minimum absolute atomic E-state index is 0.0784. The third-order valence-corrected chi connectivity index (χ3v) is 2.99. The van der Waals surface area contributed by atoms with E-state index in [0.29, 0.717) is 5.75 Å². The fourth-order valence-corrected chi connectivity index (χ4v) is 1.70. The maximum atomic E-state index is 11.5. The molecule has 2 aromatic rings. The van der Waals surface area contributed by atoms with Crippen LogP contribution in [0.3, 0.4) is 0 Å². The molecule has 0 atom stereocenters. The second kappa shape index (κ2) is 7.59. The lowest BCUT2D eigenvalue weighted by Crippen LogP contribution is -2.24. The zero-order chi connectivity index (χ0) is 14.2. The summed E-state index contributed by atoms with van der Waals surface area (Å²) in [5.41, 5.74) is 3.20. The van der Waals surface area contributed by atoms with Gasteiger partial charge in [-0.15, -0.1) is 0 Å². The average Bonchev–Trinajstić information content (AvgIpc) is 2.48. The Balaban J connectivity index is 1.76. The summed E-state index contributed by atoms with van der Waals surface area (Å²) in [6.45, 7) is -0.0784. The quantitative estimate of drug-likeness (QED) is 0.491. The van der Waals surface area contributed by atoms with Crippen LogP contribution in [0.25, 0.3) is 0 Å². The van der Waals surface area contributed by atoms with Crippen LogP contribution in [0.5, 0.6) is 5.75 Å². The van der Waals surface area contributed by atoms with Gasteiger partial charge in [0.25, 0.3) is 5.91 Å². The molecule has 1 amide bonds. The van der Waals surface area contributed by atoms with Crippen LogP contribution in [0, 0.1) is 3.57 Å². The molecule has 0 unspecified atom stereocenters. The highest BCUT2D eigenvalue weighted by molar-refractivity contribution is 14.1. The first-order chi connectivity index (χ1) is 9.74. The number of hydrogen-bond acceptors (Lipinski definition) is 4. The van der Waals surface area contributed by atoms with Crippen molar-refractivity contribution in [3.63, 3.8) is 0 Å². The zero-order valence-electron chi connectivity index (χ0n) is 10.5. The van der Waals surface area contributed by atoms with Gasteiger partial charge in [-0.2, -0.15) is 5.10 Å². The number of rotatable bonds is 5. The molecule has 102 valence electrons. The molecule has 0 fully saturated rings. The molecular weight excluding hydrogens is 369 g/mol. The lowest BCUT2D eigenvalue weighted by molar-refractivity contribution is -0.123. The number of pyridine rings is 1. The first kappa shape index (κ1) is 14.4. The van der Waals surface area contributed by atoms with Crippen molar-refractivity contribution in [3.8, 4) is 5.75 Å². The molecule has 0 radical (unpaired) electrons. The Kier molecular flexibility index (Phi) is 5.48. The molecule has 0 aliphatic heterocycles. The van der Waals surface area contributed by atoms with Crippen LogP contribution in [-0.4, -0.2) is 23.7 Å². The molecule has 1 aromatic heterocycles. The number of nitrogens with one attached hydrogen (secondary N) is 1. The number of nitrogens with zero attached hydrogens (tertiary/aromatic N) is 2. The van der Waals surface area contributed by atoms with Gasteiger partial charge in [-0.1, -0.05) is 6.07 Å². The van der Waals surface area contributed by atoms with Crippen molar-refractivity contribution >= 4 is 34.7 Å². The van der Waals surface area contributed by atoms with Crippen LogP contribution in [0.4, 0.5) is 0 Å². The van der Waals surface area contributed by atoms with Gasteiger partial charge in [0, 0.05) is 21.5 Å². The molecule has 0 spiro atoms. The third kappa shape index (κ3) is 4.96. The van der Waals surface area contributed by atoms with Gasteiger partial charge in [0.2, 0.25) is 0 Å². The number of carbonyl (C=O) groups excluding carboxylic acids is 1. The standard InChI is InChI=1S/C14H12IN3O2/c15-12-3-5-13(6-4-12)20-10-14(19)18-17-9-11-2-1-7-16-8-11/h1-9H,10H2,(H,18,19)/b17-9+. The molecule has 0 bridgehead atoms. The smallest absolute Gasteiger partial charge is 0.277 e. The fourth-order valence-electron chi connectivity index (χ4n) is 1.34. The van der Waals surface area contributed by atoms with Crippen LogP contribution in [0.2, 0.25) is 0 Å². The van der Waals surface area contributed by atoms with Crippen molar-refractivity contribution < 1.29 is 9.53 Å². The van der Waals surface area contributed by atoms with Crippen LogP contribution >= 0.6 is 22.6 Å². The third-order valence-electron chi connectivity index (χ3n) is 2.27. The van der Waals surface area contributed by atoms with Crippen molar-refractivity contribution in [2.45, 2.75) is 0 Å². The summed E-state index contributed by atoms with van der Waals surface area (Å²) in [5, 5.41) is 3.82. The number of carbonyl (C=O) groups is 1. The summed E-state index contributed by atoms with van der Waals surface area (Å²) < 4.78 is 6.44. The van der Waals surface area contributed by atoms with Gasteiger partial charge in [0.15, 0.2) is 6.61 Å². The second-order valence-corrected chi connectivity index (χ2v) is 5.07. The van der Waals surface area contributed by atoms with Crippen LogP contribution in [0.15, 0.2) is 53.9 Å². The van der Waals surface area contributed by atoms with Gasteiger partial charge < -0.3 is 4.74 Å². The lowest BCUT2D eigenvalue weighted by atomic mass is 10.3. The first-order valence-electron chi connectivity index (χ1n) is 5.84. The molecule has 1 heterocycles. The Morgan fingerprint density at radius 1 is 1.35 bits per heavy atom. The average molecular weight is 381 g/mol. The van der Waals surface area contributed by atoms with E-state index in [1.807, 2.05) is 30.3 Å². The highest BCUT2D eigenvalue weighted by Gasteiger charge is 2.01. The molecule has 0 saturated heterocycles. The lowest BCUT2D eigenvalue weighted by Gasteiger charge is -2.04. The van der Waals surface area contributed by atoms with Crippen LogP contribution in [-0.2, 0) is 4.79 Å². The molecule has 0 saturated carbocycles. The number of aromatic nitrogens is 1. The summed E-state index contributed by atoms with van der Waals surface area (Å²) in [7, 11) is 0. The van der Waals surface area contributed by atoms with E-state index in [9.17, 15) is 4.79 Å². The van der Waals surface area contributed by atoms with Gasteiger partial charge in [-0.05, 0) is 52.9 Å². The van der Waals surface area contributed by atoms with Crippen molar-refractivity contribution in [1.29, 1.82) is 0 Å². The molecular formula is C14H12IN3O2. The van der Waals surface area contributed by atoms with Crippen LogP contribution < -0.4 is 10.2 Å². The SMILES string of the molecule is O=C(COc1ccc(I)cc1)N/N=C/c1cccnc1. The molecule has 2 rings (SSSR count). The van der Waals surface area contributed by atoms with Gasteiger partial charge in [-0.3, -0.25) is 9.78 Å². The van der Waals surface area contributed by atoms with Gasteiger partial charge in [0.1, 0.15) is 5.75 Å². The largest absolute Gasteiger partial charge is 0.484 e. The minimum Gasteiger partial charge on any atom is -0.484 e. The maximum absolute atomic E-state index is 11.5. The Labute approximate surface area is 130 Å². The summed E-state index contributed by atoms with van der Waals surface area (Å²) in [6, 6.07) is 11.1. The van der Waals surface area contributed by atoms with E-state index in [2.05, 4.69) is 38.1 Å². The molecule has 1 aromatic carbocycles. The van der Waals surface area contributed by atoms with E-state index in [1.165, 1.54) is 6.21 Å². The van der Waals surface area contributed by atoms with E-state index in [-0.39, 0.29) is 12.5 Å². The summed E-state index contributed by atoms with van der Waals surface area (Å²) in [5.74, 6) is 0.334. The number of benzene rings is 1. The number of hydrogen-bond donors (Lipinski definition) is 1. The Morgan fingerprint density at radius 2 is 2.15 bits per heavy atom. The minimum atomic E-state index is -0.316. The topological polar surface area (TPSA) is 63.6 Å². The van der Waals surface area contributed by atoms with Gasteiger partial charge >= 0.3 is 0 Å². The number of halogens is 1. The molecule has 0 aliphatic rings. The Hall–Kier alpha value is -1.96. The van der Waals surface area contributed by atoms with Crippen molar-refractivity contribution in [2.75, 3.05) is 6.61 Å².